The van der Waals surface area contributed by atoms with Gasteiger partial charge in [0.2, 0.25) is 0 Å². The van der Waals surface area contributed by atoms with Crippen LogP contribution in [0, 0.1) is 10.2 Å². The van der Waals surface area contributed by atoms with E-state index in [1.54, 1.807) is 15.9 Å². The molecule has 1 atom stereocenters. The molecule has 0 radical (unpaired) electrons. The maximum Gasteiger partial charge on any atom is 0.267 e. The van der Waals surface area contributed by atoms with Crippen LogP contribution in [0.3, 0.4) is 0 Å². The molecule has 0 bridgehead atoms. The summed E-state index contributed by atoms with van der Waals surface area (Å²) < 4.78 is 2.08. The van der Waals surface area contributed by atoms with Crippen LogP contribution in [0.5, 0.6) is 0 Å². The second kappa shape index (κ2) is 5.39. The van der Waals surface area contributed by atoms with Crippen molar-refractivity contribution < 1.29 is 0 Å². The van der Waals surface area contributed by atoms with Gasteiger partial charge in [0.05, 0.1) is 11.1 Å². The Morgan fingerprint density at radius 2 is 2.00 bits per heavy atom. The van der Waals surface area contributed by atoms with Gasteiger partial charge in [-0.3, -0.25) is 9.36 Å². The van der Waals surface area contributed by atoms with Gasteiger partial charge in [0.1, 0.15) is 4.83 Å². The van der Waals surface area contributed by atoms with Crippen LogP contribution in [0.4, 0.5) is 0 Å². The van der Waals surface area contributed by atoms with Crippen molar-refractivity contribution in [2.45, 2.75) is 39.5 Å². The molecule has 3 aromatic rings. The molecule has 0 saturated heterocycles. The van der Waals surface area contributed by atoms with Crippen molar-refractivity contribution in [1.82, 2.24) is 9.55 Å². The highest BCUT2D eigenvalue weighted by Crippen LogP contribution is 2.47. The molecule has 2 heterocycles. The summed E-state index contributed by atoms with van der Waals surface area (Å²) in [7, 11) is 0. The van der Waals surface area contributed by atoms with E-state index in [2.05, 4.69) is 25.8 Å². The van der Waals surface area contributed by atoms with Gasteiger partial charge in [-0.2, -0.15) is 0 Å². The average Bonchev–Trinajstić information content (AvgIpc) is 2.85. The molecule has 1 aliphatic carbocycles. The van der Waals surface area contributed by atoms with E-state index >= 15 is 0 Å². The van der Waals surface area contributed by atoms with Gasteiger partial charge < -0.3 is 4.98 Å². The van der Waals surface area contributed by atoms with Crippen LogP contribution >= 0.6 is 23.6 Å². The minimum Gasteiger partial charge on any atom is -0.323 e. The SMILES string of the molecule is CC1CC(C)(C)Cc2c1sc1[nH]c(=S)n(-c3ccccc3)c(=O)c21. The van der Waals surface area contributed by atoms with E-state index < -0.39 is 0 Å². The first-order valence-corrected chi connectivity index (χ1v) is 9.46. The molecule has 3 nitrogen and oxygen atoms in total. The topological polar surface area (TPSA) is 37.8 Å². The van der Waals surface area contributed by atoms with E-state index in [4.69, 9.17) is 12.2 Å². The number of rotatable bonds is 1. The van der Waals surface area contributed by atoms with Crippen molar-refractivity contribution in [3.8, 4) is 5.69 Å². The van der Waals surface area contributed by atoms with Crippen molar-refractivity contribution in [3.63, 3.8) is 0 Å². The molecule has 0 spiro atoms. The zero-order valence-corrected chi connectivity index (χ0v) is 15.7. The second-order valence-corrected chi connectivity index (χ2v) is 8.94. The fourth-order valence-electron chi connectivity index (χ4n) is 4.01. The lowest BCUT2D eigenvalue weighted by Gasteiger charge is -2.33. The second-order valence-electron chi connectivity index (χ2n) is 7.50. The zero-order chi connectivity index (χ0) is 17.1. The highest BCUT2D eigenvalue weighted by molar-refractivity contribution is 7.71. The largest absolute Gasteiger partial charge is 0.323 e. The summed E-state index contributed by atoms with van der Waals surface area (Å²) >= 11 is 7.18. The van der Waals surface area contributed by atoms with Crippen molar-refractivity contribution in [2.24, 2.45) is 5.41 Å². The maximum absolute atomic E-state index is 13.3. The van der Waals surface area contributed by atoms with E-state index in [1.165, 1.54) is 10.4 Å². The van der Waals surface area contributed by atoms with Crippen molar-refractivity contribution >= 4 is 33.8 Å². The highest BCUT2D eigenvalue weighted by atomic mass is 32.1. The predicted molar refractivity (Wildman–Crippen MR) is 103 cm³/mol. The van der Waals surface area contributed by atoms with E-state index in [0.717, 1.165) is 28.7 Å². The Morgan fingerprint density at radius 3 is 2.71 bits per heavy atom. The molecule has 0 aliphatic heterocycles. The first-order valence-electron chi connectivity index (χ1n) is 8.23. The Balaban J connectivity index is 2.07. The number of H-pyrrole nitrogens is 1. The van der Waals surface area contributed by atoms with Gasteiger partial charge in [0.15, 0.2) is 4.77 Å². The van der Waals surface area contributed by atoms with Crippen LogP contribution in [-0.2, 0) is 6.42 Å². The average molecular weight is 357 g/mol. The van der Waals surface area contributed by atoms with Gasteiger partial charge in [-0.25, -0.2) is 0 Å². The Morgan fingerprint density at radius 1 is 1.29 bits per heavy atom. The minimum atomic E-state index is 0.00218. The Hall–Kier alpha value is -1.72. The lowest BCUT2D eigenvalue weighted by atomic mass is 9.72. The summed E-state index contributed by atoms with van der Waals surface area (Å²) in [5.74, 6) is 0.479. The first kappa shape index (κ1) is 15.8. The standard InChI is InChI=1S/C19H20N2OS2/c1-11-9-19(2,3)10-13-14-16(24-15(11)13)20-18(23)21(17(14)22)12-7-5-4-6-8-12/h4-8,11H,9-10H2,1-3H3,(H,20,23). The predicted octanol–water partition coefficient (Wildman–Crippen LogP) is 5.19. The molecule has 0 fully saturated rings. The summed E-state index contributed by atoms with van der Waals surface area (Å²) in [4.78, 5) is 18.9. The summed E-state index contributed by atoms with van der Waals surface area (Å²) in [5, 5.41) is 0.826. The van der Waals surface area contributed by atoms with Gasteiger partial charge in [-0.1, -0.05) is 39.0 Å². The first-order chi connectivity index (χ1) is 11.4. The van der Waals surface area contributed by atoms with E-state index in [0.29, 0.717) is 10.7 Å². The number of hydrogen-bond acceptors (Lipinski definition) is 3. The Labute approximate surface area is 150 Å². The molecular weight excluding hydrogens is 336 g/mol. The third-order valence-corrected chi connectivity index (χ3v) is 6.52. The Kier molecular flexibility index (Phi) is 3.55. The number of nitrogens with one attached hydrogen (secondary N) is 1. The molecule has 0 saturated carbocycles. The van der Waals surface area contributed by atoms with E-state index in [1.807, 2.05) is 30.3 Å². The van der Waals surface area contributed by atoms with Gasteiger partial charge >= 0.3 is 0 Å². The highest BCUT2D eigenvalue weighted by Gasteiger charge is 2.34. The van der Waals surface area contributed by atoms with E-state index in [9.17, 15) is 4.79 Å². The van der Waals surface area contributed by atoms with Gasteiger partial charge in [-0.05, 0) is 54.1 Å². The molecule has 4 rings (SSSR count). The van der Waals surface area contributed by atoms with Crippen LogP contribution in [0.25, 0.3) is 15.9 Å². The zero-order valence-electron chi connectivity index (χ0n) is 14.1. The number of thiophene rings is 1. The van der Waals surface area contributed by atoms with Crippen LogP contribution < -0.4 is 5.56 Å². The van der Waals surface area contributed by atoms with Crippen molar-refractivity contribution in [1.29, 1.82) is 0 Å². The van der Waals surface area contributed by atoms with Gasteiger partial charge in [0.25, 0.3) is 5.56 Å². The molecule has 2 aromatic heterocycles. The molecule has 5 heteroatoms. The lowest BCUT2D eigenvalue weighted by molar-refractivity contribution is 0.292. The van der Waals surface area contributed by atoms with Crippen LogP contribution in [0.1, 0.15) is 43.6 Å². The van der Waals surface area contributed by atoms with Crippen molar-refractivity contribution in [3.05, 3.63) is 55.9 Å². The van der Waals surface area contributed by atoms with Crippen LogP contribution in [0.15, 0.2) is 35.1 Å². The summed E-state index contributed by atoms with van der Waals surface area (Å²) in [6.45, 7) is 6.84. The van der Waals surface area contributed by atoms with Crippen LogP contribution in [0.2, 0.25) is 0 Å². The molecule has 124 valence electrons. The monoisotopic (exact) mass is 356 g/mol. The molecule has 0 amide bonds. The quantitative estimate of drug-likeness (QED) is 0.610. The smallest absolute Gasteiger partial charge is 0.267 e. The fraction of sp³-hybridized carbons (Fsp3) is 0.368. The summed E-state index contributed by atoms with van der Waals surface area (Å²) in [6, 6.07) is 9.63. The molecular formula is C19H20N2OS2. The molecule has 24 heavy (non-hydrogen) atoms. The van der Waals surface area contributed by atoms with E-state index in [-0.39, 0.29) is 11.0 Å². The number of aromatic nitrogens is 2. The fourth-order valence-corrected chi connectivity index (χ4v) is 5.63. The summed E-state index contributed by atoms with van der Waals surface area (Å²) in [5.41, 5.74) is 2.26. The van der Waals surface area contributed by atoms with Gasteiger partial charge in [0, 0.05) is 4.88 Å². The van der Waals surface area contributed by atoms with Crippen molar-refractivity contribution in [2.75, 3.05) is 0 Å². The van der Waals surface area contributed by atoms with Crippen LogP contribution in [-0.4, -0.2) is 9.55 Å². The van der Waals surface area contributed by atoms with Gasteiger partial charge in [-0.15, -0.1) is 11.3 Å². The number of aromatic amines is 1. The lowest BCUT2D eigenvalue weighted by Crippen LogP contribution is -2.26. The normalized spacial score (nSPS) is 19.4. The number of para-hydroxylation sites is 1. The number of fused-ring (bicyclic) bond motifs is 3. The number of nitrogens with zero attached hydrogens (tertiary/aromatic N) is 1. The molecule has 1 aromatic carbocycles. The minimum absolute atomic E-state index is 0.00218. The molecule has 1 aliphatic rings. The number of benzene rings is 1. The molecule has 1 N–H and O–H groups in total. The summed E-state index contributed by atoms with van der Waals surface area (Å²) in [6.07, 6.45) is 2.10. The third-order valence-electron chi connectivity index (χ3n) is 4.85. The third kappa shape index (κ3) is 2.38. The maximum atomic E-state index is 13.3. The number of hydrogen-bond donors (Lipinski definition) is 1. The Bertz CT molecular complexity index is 1040. The molecule has 1 unspecified atom stereocenters.